The van der Waals surface area contributed by atoms with E-state index >= 15 is 0 Å². The number of nitrogen functional groups attached to an aromatic ring is 1. The average molecular weight is 304 g/mol. The summed E-state index contributed by atoms with van der Waals surface area (Å²) < 4.78 is 38.6. The number of nitrogens with one attached hydrogen (secondary N) is 1. The molecule has 0 aliphatic heterocycles. The van der Waals surface area contributed by atoms with E-state index in [1.54, 1.807) is 7.05 Å². The number of aliphatic hydroxyl groups is 1. The zero-order chi connectivity index (χ0) is 15.7. The maximum absolute atomic E-state index is 12.9. The Morgan fingerprint density at radius 3 is 2.52 bits per heavy atom. The fourth-order valence-electron chi connectivity index (χ4n) is 2.66. The number of hydrogen-bond acceptors (Lipinski definition) is 5. The third-order valence-electron chi connectivity index (χ3n) is 3.74. The maximum Gasteiger partial charge on any atom is 0.416 e. The van der Waals surface area contributed by atoms with Gasteiger partial charge in [-0.1, -0.05) is 12.8 Å². The first-order chi connectivity index (χ1) is 9.73. The molecule has 0 aromatic carbocycles. The molecule has 1 aliphatic rings. The summed E-state index contributed by atoms with van der Waals surface area (Å²) in [5, 5.41) is 10.3. The molecule has 0 atom stereocenters. The largest absolute Gasteiger partial charge is 0.416 e. The lowest BCUT2D eigenvalue weighted by Gasteiger charge is -2.29. The summed E-state index contributed by atoms with van der Waals surface area (Å²) in [4.78, 5) is 5.55. The first-order valence-corrected chi connectivity index (χ1v) is 6.73. The lowest BCUT2D eigenvalue weighted by Crippen LogP contribution is -2.39. The lowest BCUT2D eigenvalue weighted by atomic mass is 10.0. The van der Waals surface area contributed by atoms with Gasteiger partial charge in [-0.05, 0) is 25.0 Å². The number of rotatable bonds is 4. The fraction of sp³-hybridized carbons (Fsp3) is 0.615. The van der Waals surface area contributed by atoms with E-state index in [1.165, 1.54) is 4.90 Å². The summed E-state index contributed by atoms with van der Waals surface area (Å²) >= 11 is 0. The van der Waals surface area contributed by atoms with E-state index in [-0.39, 0.29) is 18.2 Å². The molecule has 1 fully saturated rings. The van der Waals surface area contributed by atoms with Gasteiger partial charge in [0.05, 0.1) is 11.2 Å². The van der Waals surface area contributed by atoms with Crippen LogP contribution >= 0.6 is 0 Å². The molecule has 8 heteroatoms. The van der Waals surface area contributed by atoms with Gasteiger partial charge in [-0.2, -0.15) is 13.2 Å². The van der Waals surface area contributed by atoms with Gasteiger partial charge in [0.1, 0.15) is 11.6 Å². The monoisotopic (exact) mass is 304 g/mol. The van der Waals surface area contributed by atoms with Crippen LogP contribution in [0.5, 0.6) is 0 Å². The molecule has 1 aromatic rings. The van der Waals surface area contributed by atoms with Crippen molar-refractivity contribution in [3.05, 3.63) is 17.7 Å². The Morgan fingerprint density at radius 1 is 1.38 bits per heavy atom. The van der Waals surface area contributed by atoms with Gasteiger partial charge in [0.25, 0.3) is 0 Å². The number of alkyl halides is 3. The van der Waals surface area contributed by atoms with Gasteiger partial charge in [-0.3, -0.25) is 0 Å². The molecule has 1 aromatic heterocycles. The van der Waals surface area contributed by atoms with Gasteiger partial charge >= 0.3 is 6.18 Å². The van der Waals surface area contributed by atoms with E-state index in [9.17, 15) is 18.3 Å². The summed E-state index contributed by atoms with van der Waals surface area (Å²) in [5.74, 6) is 5.23. The SMILES string of the molecule is CN(CC1(O)CCCC1)c1cc(C(F)(F)F)cc(NN)n1. The number of halogens is 3. The fourth-order valence-corrected chi connectivity index (χ4v) is 2.66. The van der Waals surface area contributed by atoms with E-state index < -0.39 is 17.3 Å². The van der Waals surface area contributed by atoms with Crippen LogP contribution in [0.2, 0.25) is 0 Å². The number of hydrogen-bond donors (Lipinski definition) is 3. The molecule has 1 heterocycles. The van der Waals surface area contributed by atoms with Gasteiger partial charge in [0.2, 0.25) is 0 Å². The minimum atomic E-state index is -4.48. The van der Waals surface area contributed by atoms with Gasteiger partial charge < -0.3 is 15.4 Å². The van der Waals surface area contributed by atoms with Crippen molar-refractivity contribution in [3.63, 3.8) is 0 Å². The number of anilines is 2. The highest BCUT2D eigenvalue weighted by Crippen LogP contribution is 2.34. The quantitative estimate of drug-likeness (QED) is 0.587. The van der Waals surface area contributed by atoms with Crippen molar-refractivity contribution in [2.45, 2.75) is 37.5 Å². The van der Waals surface area contributed by atoms with Crippen molar-refractivity contribution in [2.24, 2.45) is 5.84 Å². The van der Waals surface area contributed by atoms with E-state index in [1.807, 2.05) is 0 Å². The van der Waals surface area contributed by atoms with Crippen molar-refractivity contribution in [3.8, 4) is 0 Å². The number of hydrazine groups is 1. The molecular formula is C13H19F3N4O. The third-order valence-corrected chi connectivity index (χ3v) is 3.74. The highest BCUT2D eigenvalue weighted by atomic mass is 19.4. The summed E-state index contributed by atoms with van der Waals surface area (Å²) in [7, 11) is 1.61. The number of pyridine rings is 1. The Hall–Kier alpha value is -1.54. The van der Waals surface area contributed by atoms with Crippen LogP contribution in [0.15, 0.2) is 12.1 Å². The van der Waals surface area contributed by atoms with Gasteiger partial charge in [0.15, 0.2) is 0 Å². The van der Waals surface area contributed by atoms with Crippen molar-refractivity contribution in [2.75, 3.05) is 23.9 Å². The second kappa shape index (κ2) is 5.69. The topological polar surface area (TPSA) is 74.4 Å². The summed E-state index contributed by atoms with van der Waals surface area (Å²) in [6.45, 7) is 0.241. The van der Waals surface area contributed by atoms with Crippen LogP contribution < -0.4 is 16.2 Å². The highest BCUT2D eigenvalue weighted by molar-refractivity contribution is 5.50. The smallest absolute Gasteiger partial charge is 0.388 e. The minimum absolute atomic E-state index is 0.0647. The molecular weight excluding hydrogens is 285 g/mol. The van der Waals surface area contributed by atoms with E-state index in [0.29, 0.717) is 12.8 Å². The van der Waals surface area contributed by atoms with Gasteiger partial charge in [0, 0.05) is 13.6 Å². The van der Waals surface area contributed by atoms with Crippen LogP contribution in [-0.4, -0.2) is 29.3 Å². The maximum atomic E-state index is 12.9. The number of aromatic nitrogens is 1. The predicted molar refractivity (Wildman–Crippen MR) is 73.7 cm³/mol. The van der Waals surface area contributed by atoms with Crippen LogP contribution in [0.25, 0.3) is 0 Å². The molecule has 2 rings (SSSR count). The second-order valence-electron chi connectivity index (χ2n) is 5.53. The van der Waals surface area contributed by atoms with Gasteiger partial charge in [-0.25, -0.2) is 10.8 Å². The van der Waals surface area contributed by atoms with Crippen LogP contribution in [0.4, 0.5) is 24.8 Å². The molecule has 1 saturated carbocycles. The summed E-state index contributed by atoms with van der Waals surface area (Å²) in [6, 6.07) is 1.81. The molecule has 0 spiro atoms. The Labute approximate surface area is 120 Å². The molecule has 4 N–H and O–H groups in total. The van der Waals surface area contributed by atoms with Crippen molar-refractivity contribution in [1.29, 1.82) is 0 Å². The molecule has 21 heavy (non-hydrogen) atoms. The molecule has 0 unspecified atom stereocenters. The Morgan fingerprint density at radius 2 is 2.00 bits per heavy atom. The zero-order valence-corrected chi connectivity index (χ0v) is 11.7. The van der Waals surface area contributed by atoms with Crippen LogP contribution in [-0.2, 0) is 6.18 Å². The third kappa shape index (κ3) is 3.76. The summed E-state index contributed by atoms with van der Waals surface area (Å²) in [6.07, 6.45) is -1.32. The normalized spacial score (nSPS) is 17.8. The van der Waals surface area contributed by atoms with Crippen molar-refractivity contribution < 1.29 is 18.3 Å². The van der Waals surface area contributed by atoms with E-state index in [2.05, 4.69) is 10.4 Å². The molecule has 0 radical (unpaired) electrons. The molecule has 1 aliphatic carbocycles. The second-order valence-corrected chi connectivity index (χ2v) is 5.53. The molecule has 0 amide bonds. The standard InChI is InChI=1S/C13H19F3N4O/c1-20(8-12(21)4-2-3-5-12)11-7-9(13(14,15)16)6-10(18-11)19-17/h6-7,21H,2-5,8,17H2,1H3,(H,18,19). The number of nitrogens with zero attached hydrogens (tertiary/aromatic N) is 2. The molecule has 118 valence electrons. The molecule has 0 bridgehead atoms. The van der Waals surface area contributed by atoms with Gasteiger partial charge in [-0.15, -0.1) is 0 Å². The Kier molecular flexibility index (Phi) is 4.29. The Balaban J connectivity index is 2.25. The number of likely N-dealkylation sites (N-methyl/N-ethyl adjacent to an activating group) is 1. The molecule has 5 nitrogen and oxygen atoms in total. The lowest BCUT2D eigenvalue weighted by molar-refractivity contribution is -0.137. The number of nitrogens with two attached hydrogens (primary N) is 1. The highest BCUT2D eigenvalue weighted by Gasteiger charge is 2.34. The first kappa shape index (κ1) is 15.8. The van der Waals surface area contributed by atoms with Crippen LogP contribution in [0, 0.1) is 0 Å². The van der Waals surface area contributed by atoms with Crippen LogP contribution in [0.1, 0.15) is 31.2 Å². The van der Waals surface area contributed by atoms with Crippen molar-refractivity contribution >= 4 is 11.6 Å². The molecule has 0 saturated heterocycles. The predicted octanol–water partition coefficient (Wildman–Crippen LogP) is 2.13. The van der Waals surface area contributed by atoms with E-state index in [4.69, 9.17) is 5.84 Å². The van der Waals surface area contributed by atoms with Crippen LogP contribution in [0.3, 0.4) is 0 Å². The average Bonchev–Trinajstić information content (AvgIpc) is 2.83. The van der Waals surface area contributed by atoms with E-state index in [0.717, 1.165) is 25.0 Å². The minimum Gasteiger partial charge on any atom is -0.388 e. The Bertz CT molecular complexity index is 501. The summed E-state index contributed by atoms with van der Waals surface area (Å²) in [5.41, 5.74) is 0.449. The first-order valence-electron chi connectivity index (χ1n) is 6.73. The zero-order valence-electron chi connectivity index (χ0n) is 11.7. The van der Waals surface area contributed by atoms with Crippen molar-refractivity contribution in [1.82, 2.24) is 4.98 Å².